The summed E-state index contributed by atoms with van der Waals surface area (Å²) in [6.45, 7) is 0.551. The van der Waals surface area contributed by atoms with E-state index in [1.165, 1.54) is 25.3 Å². The summed E-state index contributed by atoms with van der Waals surface area (Å²) < 4.78 is 10.4. The number of anilines is 1. The molecule has 1 fully saturated rings. The lowest BCUT2D eigenvalue weighted by Gasteiger charge is -2.10. The minimum absolute atomic E-state index is 0.0391. The first-order chi connectivity index (χ1) is 16.9. The van der Waals surface area contributed by atoms with Crippen molar-refractivity contribution in [3.63, 3.8) is 0 Å². The van der Waals surface area contributed by atoms with Gasteiger partial charge in [-0.2, -0.15) is 0 Å². The van der Waals surface area contributed by atoms with E-state index in [2.05, 4.69) is 5.32 Å². The number of aryl methyl sites for hydroxylation is 2. The Hall–Kier alpha value is -4.20. The van der Waals surface area contributed by atoms with Gasteiger partial charge >= 0.3 is 5.97 Å². The van der Waals surface area contributed by atoms with E-state index in [0.29, 0.717) is 29.5 Å². The molecule has 0 aromatic heterocycles. The monoisotopic (exact) mass is 474 g/mol. The van der Waals surface area contributed by atoms with Crippen LogP contribution in [0.5, 0.6) is 5.75 Å². The molecule has 1 N–H and O–H groups in total. The summed E-state index contributed by atoms with van der Waals surface area (Å²) in [5.41, 5.74) is 2.91. The number of rotatable bonds is 10. The average molecular weight is 475 g/mol. The van der Waals surface area contributed by atoms with Crippen molar-refractivity contribution in [2.75, 3.05) is 19.0 Å². The number of nitrogens with zero attached hydrogens (tertiary/aromatic N) is 1. The Morgan fingerprint density at radius 1 is 0.971 bits per heavy atom. The van der Waals surface area contributed by atoms with Crippen molar-refractivity contribution in [3.8, 4) is 5.75 Å². The van der Waals surface area contributed by atoms with E-state index in [-0.39, 0.29) is 17.2 Å². The Kier molecular flexibility index (Phi) is 7.40. The largest absolute Gasteiger partial charge is 0.493 e. The Morgan fingerprint density at radius 2 is 1.60 bits per heavy atom. The van der Waals surface area contributed by atoms with Gasteiger partial charge in [-0.1, -0.05) is 24.3 Å². The second-order valence-corrected chi connectivity index (χ2v) is 8.53. The van der Waals surface area contributed by atoms with Crippen LogP contribution >= 0.6 is 0 Å². The van der Waals surface area contributed by atoms with E-state index >= 15 is 0 Å². The molecule has 1 saturated carbocycles. The number of hydrogen-bond acceptors (Lipinski definition) is 6. The molecule has 0 heterocycles. The highest BCUT2D eigenvalue weighted by Crippen LogP contribution is 2.31. The fourth-order valence-electron chi connectivity index (χ4n) is 3.61. The molecule has 4 rings (SSSR count). The van der Waals surface area contributed by atoms with Crippen LogP contribution in [0.15, 0.2) is 66.7 Å². The number of amides is 1. The second-order valence-electron chi connectivity index (χ2n) is 8.53. The predicted molar refractivity (Wildman–Crippen MR) is 131 cm³/mol. The van der Waals surface area contributed by atoms with Crippen molar-refractivity contribution in [1.82, 2.24) is 0 Å². The molecule has 0 atom stereocenters. The summed E-state index contributed by atoms with van der Waals surface area (Å²) in [4.78, 5) is 35.2. The van der Waals surface area contributed by atoms with Gasteiger partial charge in [0.15, 0.2) is 0 Å². The summed E-state index contributed by atoms with van der Waals surface area (Å²) in [5.74, 6) is 0.0480. The SMILES string of the molecule is COC(=O)c1ccc(CCc2ccc(NC(=O)c3cc(OCC4CC4)ccc3[N+](=O)[O-])cc2)cc1. The maximum Gasteiger partial charge on any atom is 0.337 e. The standard InChI is InChI=1S/C27H26N2O6/c1-34-27(31)21-10-6-18(7-11-21)2-3-19-8-12-22(13-9-19)28-26(30)24-16-23(35-17-20-4-5-20)14-15-25(24)29(32)33/h6-16,20H,2-5,17H2,1H3,(H,28,30). The van der Waals surface area contributed by atoms with Gasteiger partial charge in [0.2, 0.25) is 0 Å². The van der Waals surface area contributed by atoms with Crippen LogP contribution in [-0.2, 0) is 17.6 Å². The van der Waals surface area contributed by atoms with Gasteiger partial charge in [-0.3, -0.25) is 14.9 Å². The lowest BCUT2D eigenvalue weighted by molar-refractivity contribution is -0.385. The van der Waals surface area contributed by atoms with E-state index in [9.17, 15) is 19.7 Å². The van der Waals surface area contributed by atoms with E-state index in [1.54, 1.807) is 24.3 Å². The zero-order valence-electron chi connectivity index (χ0n) is 19.4. The maximum atomic E-state index is 12.8. The van der Waals surface area contributed by atoms with Crippen molar-refractivity contribution in [3.05, 3.63) is 99.1 Å². The van der Waals surface area contributed by atoms with Crippen molar-refractivity contribution >= 4 is 23.3 Å². The molecule has 180 valence electrons. The van der Waals surface area contributed by atoms with Crippen LogP contribution in [-0.4, -0.2) is 30.5 Å². The highest BCUT2D eigenvalue weighted by atomic mass is 16.6. The second kappa shape index (κ2) is 10.8. The topological polar surface area (TPSA) is 108 Å². The first-order valence-electron chi connectivity index (χ1n) is 11.4. The van der Waals surface area contributed by atoms with Crippen molar-refractivity contribution in [2.45, 2.75) is 25.7 Å². The van der Waals surface area contributed by atoms with Crippen LogP contribution in [0.4, 0.5) is 11.4 Å². The van der Waals surface area contributed by atoms with Crippen LogP contribution in [0.25, 0.3) is 0 Å². The number of methoxy groups -OCH3 is 1. The molecule has 35 heavy (non-hydrogen) atoms. The van der Waals surface area contributed by atoms with Gasteiger partial charge in [-0.05, 0) is 79.1 Å². The minimum atomic E-state index is -0.569. The number of benzene rings is 3. The molecule has 3 aromatic carbocycles. The Labute approximate surface area is 203 Å². The molecule has 8 heteroatoms. The fraction of sp³-hybridized carbons (Fsp3) is 0.259. The smallest absolute Gasteiger partial charge is 0.337 e. The molecule has 3 aromatic rings. The Bertz CT molecular complexity index is 1220. The van der Waals surface area contributed by atoms with Gasteiger partial charge in [0.1, 0.15) is 11.3 Å². The third kappa shape index (κ3) is 6.44. The zero-order chi connectivity index (χ0) is 24.8. The third-order valence-electron chi connectivity index (χ3n) is 5.88. The Morgan fingerprint density at radius 3 is 2.17 bits per heavy atom. The first kappa shape index (κ1) is 23.9. The first-order valence-corrected chi connectivity index (χ1v) is 11.4. The summed E-state index contributed by atoms with van der Waals surface area (Å²) in [6.07, 6.45) is 3.81. The molecular formula is C27H26N2O6. The summed E-state index contributed by atoms with van der Waals surface area (Å²) >= 11 is 0. The fourth-order valence-corrected chi connectivity index (χ4v) is 3.61. The predicted octanol–water partition coefficient (Wildman–Crippen LogP) is 5.21. The van der Waals surface area contributed by atoms with Crippen LogP contribution < -0.4 is 10.1 Å². The average Bonchev–Trinajstić information content (AvgIpc) is 3.71. The normalized spacial score (nSPS) is 12.6. The van der Waals surface area contributed by atoms with Crippen molar-refractivity contribution < 1.29 is 24.0 Å². The number of esters is 1. The Balaban J connectivity index is 1.37. The minimum Gasteiger partial charge on any atom is -0.493 e. The summed E-state index contributed by atoms with van der Waals surface area (Å²) in [7, 11) is 1.35. The number of nitro groups is 1. The number of carbonyl (C=O) groups is 2. The molecule has 0 saturated heterocycles. The number of carbonyl (C=O) groups excluding carboxylic acids is 2. The van der Waals surface area contributed by atoms with Crippen molar-refractivity contribution in [2.24, 2.45) is 5.92 Å². The van der Waals surface area contributed by atoms with E-state index in [4.69, 9.17) is 9.47 Å². The van der Waals surface area contributed by atoms with Gasteiger partial charge < -0.3 is 14.8 Å². The van der Waals surface area contributed by atoms with Crippen LogP contribution in [0.3, 0.4) is 0 Å². The summed E-state index contributed by atoms with van der Waals surface area (Å²) in [6, 6.07) is 18.9. The molecule has 1 aliphatic carbocycles. The highest BCUT2D eigenvalue weighted by molar-refractivity contribution is 6.07. The zero-order valence-corrected chi connectivity index (χ0v) is 19.4. The molecule has 0 spiro atoms. The molecule has 0 aliphatic heterocycles. The molecule has 0 unspecified atom stereocenters. The number of ether oxygens (including phenoxy) is 2. The van der Waals surface area contributed by atoms with Crippen LogP contribution in [0.1, 0.15) is 44.7 Å². The van der Waals surface area contributed by atoms with Crippen LogP contribution in [0, 0.1) is 16.0 Å². The van der Waals surface area contributed by atoms with Crippen molar-refractivity contribution in [1.29, 1.82) is 0 Å². The van der Waals surface area contributed by atoms with E-state index in [0.717, 1.165) is 36.8 Å². The molecule has 0 bridgehead atoms. The molecule has 1 amide bonds. The number of nitrogens with one attached hydrogen (secondary N) is 1. The summed E-state index contributed by atoms with van der Waals surface area (Å²) in [5, 5.41) is 14.2. The quantitative estimate of drug-likeness (QED) is 0.246. The van der Waals surface area contributed by atoms with Gasteiger partial charge in [0.25, 0.3) is 11.6 Å². The van der Waals surface area contributed by atoms with Gasteiger partial charge in [-0.25, -0.2) is 4.79 Å². The molecule has 8 nitrogen and oxygen atoms in total. The lowest BCUT2D eigenvalue weighted by atomic mass is 10.0. The maximum absolute atomic E-state index is 12.8. The molecular weight excluding hydrogens is 448 g/mol. The van der Waals surface area contributed by atoms with Gasteiger partial charge in [-0.15, -0.1) is 0 Å². The van der Waals surface area contributed by atoms with Crippen LogP contribution in [0.2, 0.25) is 0 Å². The molecule has 1 aliphatic rings. The third-order valence-corrected chi connectivity index (χ3v) is 5.88. The molecule has 0 radical (unpaired) electrons. The number of nitro benzene ring substituents is 1. The van der Waals surface area contributed by atoms with Gasteiger partial charge in [0, 0.05) is 11.8 Å². The van der Waals surface area contributed by atoms with E-state index < -0.39 is 10.8 Å². The lowest BCUT2D eigenvalue weighted by Crippen LogP contribution is -2.14. The highest BCUT2D eigenvalue weighted by Gasteiger charge is 2.24. The van der Waals surface area contributed by atoms with Gasteiger partial charge in [0.05, 0.1) is 24.2 Å². The van der Waals surface area contributed by atoms with E-state index in [1.807, 2.05) is 24.3 Å². The number of hydrogen-bond donors (Lipinski definition) is 1.